The lowest BCUT2D eigenvalue weighted by atomic mass is 10.1. The van der Waals surface area contributed by atoms with Crippen LogP contribution in [0.5, 0.6) is 5.75 Å². The molecule has 0 N–H and O–H groups in total. The lowest BCUT2D eigenvalue weighted by molar-refractivity contribution is 0.0471. The van der Waals surface area contributed by atoms with E-state index in [1.165, 1.54) is 13.2 Å². The Labute approximate surface area is 167 Å². The predicted octanol–water partition coefficient (Wildman–Crippen LogP) is 4.45. The third-order valence-electron chi connectivity index (χ3n) is 4.48. The normalized spacial score (nSPS) is 10.7. The van der Waals surface area contributed by atoms with Crippen molar-refractivity contribution in [1.29, 1.82) is 0 Å². The fourth-order valence-corrected chi connectivity index (χ4v) is 3.18. The Balaban J connectivity index is 1.72. The zero-order chi connectivity index (χ0) is 20.3. The molecule has 0 fully saturated rings. The number of methoxy groups -OCH3 is 1. The summed E-state index contributed by atoms with van der Waals surface area (Å²) in [6.45, 7) is 3.91. The molecule has 0 aliphatic heterocycles. The van der Waals surface area contributed by atoms with Crippen LogP contribution in [0.2, 0.25) is 5.02 Å². The molecule has 0 aliphatic carbocycles. The fraction of sp³-hybridized carbons (Fsp3) is 0.238. The van der Waals surface area contributed by atoms with Crippen molar-refractivity contribution in [3.05, 3.63) is 76.0 Å². The van der Waals surface area contributed by atoms with Gasteiger partial charge >= 0.3 is 5.97 Å². The third-order valence-corrected chi connectivity index (χ3v) is 4.72. The molecule has 7 heteroatoms. The molecule has 0 amide bonds. The van der Waals surface area contributed by atoms with E-state index in [1.54, 1.807) is 24.5 Å². The molecule has 6 nitrogen and oxygen atoms in total. The highest BCUT2D eigenvalue weighted by Crippen LogP contribution is 2.24. The molecular weight excluding hydrogens is 382 g/mol. The average molecular weight is 402 g/mol. The summed E-state index contributed by atoms with van der Waals surface area (Å²) in [7, 11) is 1.44. The van der Waals surface area contributed by atoms with Gasteiger partial charge < -0.3 is 18.5 Å². The number of furan rings is 1. The van der Waals surface area contributed by atoms with Gasteiger partial charge in [0, 0.05) is 22.0 Å². The van der Waals surface area contributed by atoms with Crippen LogP contribution >= 0.6 is 11.6 Å². The number of aromatic nitrogens is 1. The van der Waals surface area contributed by atoms with Crippen LogP contribution in [0.15, 0.2) is 47.1 Å². The van der Waals surface area contributed by atoms with Crippen LogP contribution in [0.1, 0.15) is 37.9 Å². The molecule has 0 radical (unpaired) electrons. The Bertz CT molecular complexity index is 1000. The summed E-state index contributed by atoms with van der Waals surface area (Å²) < 4.78 is 17.7. The van der Waals surface area contributed by atoms with Crippen molar-refractivity contribution >= 4 is 23.4 Å². The number of rotatable bonds is 7. The molecule has 0 saturated carbocycles. The summed E-state index contributed by atoms with van der Waals surface area (Å²) in [5.41, 5.74) is 2.39. The van der Waals surface area contributed by atoms with E-state index in [0.29, 0.717) is 22.9 Å². The molecule has 0 spiro atoms. The Morgan fingerprint density at radius 1 is 1.14 bits per heavy atom. The first-order valence-electron chi connectivity index (χ1n) is 8.63. The minimum atomic E-state index is -0.669. The number of hydrogen-bond acceptors (Lipinski definition) is 5. The van der Waals surface area contributed by atoms with E-state index in [4.69, 9.17) is 25.5 Å². The Morgan fingerprint density at radius 2 is 1.93 bits per heavy atom. The van der Waals surface area contributed by atoms with Crippen molar-refractivity contribution in [3.8, 4) is 5.75 Å². The van der Waals surface area contributed by atoms with Crippen molar-refractivity contribution in [2.75, 3.05) is 13.7 Å². The highest BCUT2D eigenvalue weighted by molar-refractivity contribution is 6.31. The van der Waals surface area contributed by atoms with Gasteiger partial charge in [0.05, 0.1) is 19.9 Å². The van der Waals surface area contributed by atoms with Crippen LogP contribution in [0.3, 0.4) is 0 Å². The molecule has 0 atom stereocenters. The lowest BCUT2D eigenvalue weighted by Gasteiger charge is -2.09. The van der Waals surface area contributed by atoms with Gasteiger partial charge in [0.15, 0.2) is 6.61 Å². The minimum absolute atomic E-state index is 0.172. The van der Waals surface area contributed by atoms with Gasteiger partial charge in [-0.05, 0) is 50.2 Å². The highest BCUT2D eigenvalue weighted by atomic mass is 35.5. The van der Waals surface area contributed by atoms with E-state index in [-0.39, 0.29) is 18.0 Å². The van der Waals surface area contributed by atoms with Gasteiger partial charge in [-0.25, -0.2) is 4.79 Å². The van der Waals surface area contributed by atoms with Crippen LogP contribution in [-0.2, 0) is 11.3 Å². The summed E-state index contributed by atoms with van der Waals surface area (Å²) in [5, 5.41) is 0.376. The van der Waals surface area contributed by atoms with Crippen molar-refractivity contribution in [1.82, 2.24) is 4.57 Å². The van der Waals surface area contributed by atoms with Crippen molar-refractivity contribution in [2.45, 2.75) is 20.4 Å². The van der Waals surface area contributed by atoms with Crippen molar-refractivity contribution < 1.29 is 23.5 Å². The molecule has 0 saturated heterocycles. The molecule has 2 aromatic heterocycles. The van der Waals surface area contributed by atoms with Gasteiger partial charge in [-0.15, -0.1) is 0 Å². The SMILES string of the molecule is COc1ccc(Cl)cc1C(=O)OCC(=O)c1cc(C)n(Cc2ccco2)c1C. The summed E-state index contributed by atoms with van der Waals surface area (Å²) in [5.74, 6) is 0.170. The fourth-order valence-electron chi connectivity index (χ4n) is 3.01. The summed E-state index contributed by atoms with van der Waals surface area (Å²) >= 11 is 5.93. The van der Waals surface area contributed by atoms with Gasteiger partial charge in [-0.1, -0.05) is 11.6 Å². The standard InChI is InChI=1S/C21H20ClNO5/c1-13-9-17(14(2)23(13)11-16-5-4-8-27-16)19(24)12-28-21(25)18-10-15(22)6-7-20(18)26-3/h4-10H,11-12H2,1-3H3. The summed E-state index contributed by atoms with van der Waals surface area (Å²) in [6.07, 6.45) is 1.61. The molecule has 146 valence electrons. The van der Waals surface area contributed by atoms with E-state index in [0.717, 1.165) is 17.1 Å². The highest BCUT2D eigenvalue weighted by Gasteiger charge is 2.20. The molecule has 0 aliphatic rings. The minimum Gasteiger partial charge on any atom is -0.496 e. The van der Waals surface area contributed by atoms with Crippen LogP contribution in [0.4, 0.5) is 0 Å². The average Bonchev–Trinajstić information content (AvgIpc) is 3.29. The maximum absolute atomic E-state index is 12.6. The molecular formula is C21H20ClNO5. The smallest absolute Gasteiger partial charge is 0.342 e. The predicted molar refractivity (Wildman–Crippen MR) is 104 cm³/mol. The number of ketones is 1. The number of carbonyl (C=O) groups is 2. The Hall–Kier alpha value is -2.99. The van der Waals surface area contributed by atoms with Crippen molar-refractivity contribution in [3.63, 3.8) is 0 Å². The number of carbonyl (C=O) groups excluding carboxylic acids is 2. The Morgan fingerprint density at radius 3 is 2.61 bits per heavy atom. The van der Waals surface area contributed by atoms with Crippen LogP contribution in [0.25, 0.3) is 0 Å². The van der Waals surface area contributed by atoms with E-state index < -0.39 is 5.97 Å². The van der Waals surface area contributed by atoms with Crippen molar-refractivity contribution in [2.24, 2.45) is 0 Å². The van der Waals surface area contributed by atoms with E-state index in [1.807, 2.05) is 30.5 Å². The van der Waals surface area contributed by atoms with E-state index >= 15 is 0 Å². The van der Waals surface area contributed by atoms with Crippen LogP contribution in [-0.4, -0.2) is 30.0 Å². The monoisotopic (exact) mass is 401 g/mol. The third kappa shape index (κ3) is 4.12. The molecule has 3 rings (SSSR count). The molecule has 2 heterocycles. The number of nitrogens with zero attached hydrogens (tertiary/aromatic N) is 1. The maximum Gasteiger partial charge on any atom is 0.342 e. The first-order valence-corrected chi connectivity index (χ1v) is 9.01. The van der Waals surface area contributed by atoms with Gasteiger partial charge in [0.2, 0.25) is 5.78 Å². The van der Waals surface area contributed by atoms with Gasteiger partial charge in [-0.2, -0.15) is 0 Å². The van der Waals surface area contributed by atoms with Crippen LogP contribution in [0, 0.1) is 13.8 Å². The van der Waals surface area contributed by atoms with Gasteiger partial charge in [-0.3, -0.25) is 4.79 Å². The molecule has 0 bridgehead atoms. The van der Waals surface area contributed by atoms with E-state index in [2.05, 4.69) is 0 Å². The second-order valence-corrected chi connectivity index (χ2v) is 6.73. The van der Waals surface area contributed by atoms with E-state index in [9.17, 15) is 9.59 Å². The quantitative estimate of drug-likeness (QED) is 0.432. The number of hydrogen-bond donors (Lipinski definition) is 0. The number of aryl methyl sites for hydroxylation is 1. The second-order valence-electron chi connectivity index (χ2n) is 6.29. The second kappa shape index (κ2) is 8.35. The first kappa shape index (κ1) is 19.8. The zero-order valence-corrected chi connectivity index (χ0v) is 16.6. The molecule has 28 heavy (non-hydrogen) atoms. The number of ether oxygens (including phenoxy) is 2. The summed E-state index contributed by atoms with van der Waals surface area (Å²) in [6, 6.07) is 10.1. The Kier molecular flexibility index (Phi) is 5.90. The largest absolute Gasteiger partial charge is 0.496 e. The van der Waals surface area contributed by atoms with Gasteiger partial charge in [0.25, 0.3) is 0 Å². The topological polar surface area (TPSA) is 70.7 Å². The number of halogens is 1. The summed E-state index contributed by atoms with van der Waals surface area (Å²) in [4.78, 5) is 25.0. The first-order chi connectivity index (χ1) is 13.4. The molecule has 0 unspecified atom stereocenters. The number of esters is 1. The van der Waals surface area contributed by atoms with Gasteiger partial charge in [0.1, 0.15) is 17.1 Å². The molecule has 1 aromatic carbocycles. The maximum atomic E-state index is 12.6. The molecule has 3 aromatic rings. The number of Topliss-reactive ketones (excluding diaryl/α,β-unsaturated/α-hetero) is 1. The number of benzene rings is 1. The lowest BCUT2D eigenvalue weighted by Crippen LogP contribution is -2.16. The van der Waals surface area contributed by atoms with Crippen LogP contribution < -0.4 is 4.74 Å². The zero-order valence-electron chi connectivity index (χ0n) is 15.8.